The molecule has 0 bridgehead atoms. The van der Waals surface area contributed by atoms with Gasteiger partial charge < -0.3 is 15.4 Å². The number of nitrogens with one attached hydrogen (secondary N) is 2. The summed E-state index contributed by atoms with van der Waals surface area (Å²) in [5.41, 5.74) is 1.11. The molecule has 0 atom stereocenters. The van der Waals surface area contributed by atoms with Crippen molar-refractivity contribution >= 4 is 5.96 Å². The van der Waals surface area contributed by atoms with Crippen molar-refractivity contribution in [3.05, 3.63) is 23.9 Å². The molecule has 23 heavy (non-hydrogen) atoms. The minimum absolute atomic E-state index is 0.542. The molecule has 0 amide bonds. The van der Waals surface area contributed by atoms with E-state index in [0.717, 1.165) is 24.0 Å². The number of ether oxygens (including phenoxy) is 1. The van der Waals surface area contributed by atoms with Gasteiger partial charge in [-0.1, -0.05) is 6.92 Å². The Morgan fingerprint density at radius 3 is 2.78 bits per heavy atom. The Hall–Kier alpha value is -1.78. The van der Waals surface area contributed by atoms with Crippen LogP contribution in [0.3, 0.4) is 0 Å². The van der Waals surface area contributed by atoms with E-state index in [0.29, 0.717) is 25.1 Å². The third kappa shape index (κ3) is 6.08. The maximum Gasteiger partial charge on any atom is 0.213 e. The largest absolute Gasteiger partial charge is 0.478 e. The van der Waals surface area contributed by atoms with Crippen LogP contribution in [0.15, 0.2) is 23.3 Å². The van der Waals surface area contributed by atoms with E-state index in [1.165, 1.54) is 25.7 Å². The lowest BCUT2D eigenvalue weighted by atomic mass is 9.87. The molecule has 1 heterocycles. The topological polar surface area (TPSA) is 58.5 Å². The van der Waals surface area contributed by atoms with Gasteiger partial charge in [0.15, 0.2) is 5.96 Å². The van der Waals surface area contributed by atoms with Crippen LogP contribution in [-0.4, -0.2) is 30.1 Å². The van der Waals surface area contributed by atoms with Gasteiger partial charge in [0.2, 0.25) is 5.88 Å². The van der Waals surface area contributed by atoms with Crippen LogP contribution in [0, 0.1) is 5.92 Å². The first kappa shape index (κ1) is 17.6. The molecule has 5 heteroatoms. The molecule has 1 aliphatic rings. The summed E-state index contributed by atoms with van der Waals surface area (Å²) in [6.45, 7) is 8.53. The molecular weight excluding hydrogens is 288 g/mol. The van der Waals surface area contributed by atoms with Crippen molar-refractivity contribution in [2.24, 2.45) is 10.9 Å². The van der Waals surface area contributed by atoms with E-state index in [2.05, 4.69) is 29.5 Å². The standard InChI is InChI=1S/C18H30N4O/c1-4-19-18(22-16-8-6-14(3)7-9-16)21-13-15-10-11-20-17(12-15)23-5-2/h10-12,14,16H,4-9,13H2,1-3H3,(H2,19,21,22). The van der Waals surface area contributed by atoms with Crippen molar-refractivity contribution in [3.63, 3.8) is 0 Å². The average Bonchev–Trinajstić information content (AvgIpc) is 2.56. The lowest BCUT2D eigenvalue weighted by Gasteiger charge is -2.28. The SMILES string of the molecule is CCNC(=NCc1ccnc(OCC)c1)NC1CCC(C)CC1. The fraction of sp³-hybridized carbons (Fsp3) is 0.667. The molecule has 1 saturated carbocycles. The smallest absolute Gasteiger partial charge is 0.213 e. The Labute approximate surface area is 139 Å². The predicted octanol–water partition coefficient (Wildman–Crippen LogP) is 3.11. The summed E-state index contributed by atoms with van der Waals surface area (Å²) in [7, 11) is 0. The maximum absolute atomic E-state index is 5.44. The summed E-state index contributed by atoms with van der Waals surface area (Å²) >= 11 is 0. The first-order chi connectivity index (χ1) is 11.2. The van der Waals surface area contributed by atoms with Crippen LogP contribution in [0.4, 0.5) is 0 Å². The minimum Gasteiger partial charge on any atom is -0.478 e. The number of aromatic nitrogens is 1. The van der Waals surface area contributed by atoms with Crippen LogP contribution in [0.1, 0.15) is 52.0 Å². The summed E-state index contributed by atoms with van der Waals surface area (Å²) in [6.07, 6.45) is 6.85. The number of hydrogen-bond donors (Lipinski definition) is 2. The second-order valence-electron chi connectivity index (χ2n) is 6.23. The second-order valence-corrected chi connectivity index (χ2v) is 6.23. The van der Waals surface area contributed by atoms with Gasteiger partial charge in [-0.2, -0.15) is 0 Å². The highest BCUT2D eigenvalue weighted by atomic mass is 16.5. The molecule has 0 unspecified atom stereocenters. The Kier molecular flexibility index (Phi) is 7.17. The zero-order chi connectivity index (χ0) is 16.5. The van der Waals surface area contributed by atoms with E-state index in [4.69, 9.17) is 9.73 Å². The Morgan fingerprint density at radius 1 is 1.30 bits per heavy atom. The lowest BCUT2D eigenvalue weighted by Crippen LogP contribution is -2.44. The summed E-state index contributed by atoms with van der Waals surface area (Å²) in [4.78, 5) is 8.90. The second kappa shape index (κ2) is 9.38. The highest BCUT2D eigenvalue weighted by Gasteiger charge is 2.18. The average molecular weight is 318 g/mol. The summed E-state index contributed by atoms with van der Waals surface area (Å²) in [5, 5.41) is 6.92. The number of hydrogen-bond acceptors (Lipinski definition) is 3. The quantitative estimate of drug-likeness (QED) is 0.625. The highest BCUT2D eigenvalue weighted by Crippen LogP contribution is 2.23. The first-order valence-electron chi connectivity index (χ1n) is 8.83. The Bertz CT molecular complexity index is 496. The van der Waals surface area contributed by atoms with Crippen LogP contribution in [-0.2, 0) is 6.54 Å². The van der Waals surface area contributed by atoms with E-state index < -0.39 is 0 Å². The van der Waals surface area contributed by atoms with Crippen LogP contribution in [0.2, 0.25) is 0 Å². The number of nitrogens with zero attached hydrogens (tertiary/aromatic N) is 2. The van der Waals surface area contributed by atoms with Crippen molar-refractivity contribution in [2.45, 2.75) is 59.0 Å². The van der Waals surface area contributed by atoms with Crippen LogP contribution in [0.5, 0.6) is 5.88 Å². The molecule has 128 valence electrons. The van der Waals surface area contributed by atoms with Crippen LogP contribution in [0.25, 0.3) is 0 Å². The monoisotopic (exact) mass is 318 g/mol. The number of guanidine groups is 1. The third-order valence-corrected chi connectivity index (χ3v) is 4.21. The van der Waals surface area contributed by atoms with Crippen molar-refractivity contribution in [2.75, 3.05) is 13.2 Å². The molecule has 0 spiro atoms. The highest BCUT2D eigenvalue weighted by molar-refractivity contribution is 5.80. The molecule has 0 radical (unpaired) electrons. The van der Waals surface area contributed by atoms with E-state index in [9.17, 15) is 0 Å². The molecule has 2 N–H and O–H groups in total. The lowest BCUT2D eigenvalue weighted by molar-refractivity contribution is 0.326. The van der Waals surface area contributed by atoms with Gasteiger partial charge in [0.25, 0.3) is 0 Å². The molecule has 1 aromatic rings. The Morgan fingerprint density at radius 2 is 2.09 bits per heavy atom. The number of aliphatic imine (C=N–C) groups is 1. The van der Waals surface area contributed by atoms with E-state index in [1.54, 1.807) is 6.20 Å². The molecule has 0 saturated heterocycles. The van der Waals surface area contributed by atoms with Crippen molar-refractivity contribution in [3.8, 4) is 5.88 Å². The fourth-order valence-electron chi connectivity index (χ4n) is 2.86. The van der Waals surface area contributed by atoms with Gasteiger partial charge in [0.05, 0.1) is 13.2 Å². The summed E-state index contributed by atoms with van der Waals surface area (Å²) in [5.74, 6) is 2.43. The number of rotatable bonds is 6. The fourth-order valence-corrected chi connectivity index (χ4v) is 2.86. The Balaban J connectivity index is 1.93. The first-order valence-corrected chi connectivity index (χ1v) is 8.83. The molecule has 5 nitrogen and oxygen atoms in total. The van der Waals surface area contributed by atoms with E-state index >= 15 is 0 Å². The van der Waals surface area contributed by atoms with Crippen molar-refractivity contribution < 1.29 is 4.74 Å². The molecule has 0 aliphatic heterocycles. The molecule has 0 aromatic carbocycles. The minimum atomic E-state index is 0.542. The van der Waals surface area contributed by atoms with Crippen molar-refractivity contribution in [1.29, 1.82) is 0 Å². The summed E-state index contributed by atoms with van der Waals surface area (Å²) < 4.78 is 5.44. The van der Waals surface area contributed by atoms with Gasteiger partial charge in [-0.05, 0) is 57.1 Å². The van der Waals surface area contributed by atoms with Gasteiger partial charge in [0, 0.05) is 24.8 Å². The van der Waals surface area contributed by atoms with Gasteiger partial charge >= 0.3 is 0 Å². The molecular formula is C18H30N4O. The summed E-state index contributed by atoms with van der Waals surface area (Å²) in [6, 6.07) is 4.48. The molecule has 1 aliphatic carbocycles. The molecule has 1 aromatic heterocycles. The molecule has 1 fully saturated rings. The maximum atomic E-state index is 5.44. The molecule has 2 rings (SSSR count). The van der Waals surface area contributed by atoms with Crippen molar-refractivity contribution in [1.82, 2.24) is 15.6 Å². The third-order valence-electron chi connectivity index (χ3n) is 4.21. The number of pyridine rings is 1. The van der Waals surface area contributed by atoms with Crippen LogP contribution < -0.4 is 15.4 Å². The van der Waals surface area contributed by atoms with Gasteiger partial charge in [-0.15, -0.1) is 0 Å². The van der Waals surface area contributed by atoms with Gasteiger partial charge in [-0.25, -0.2) is 9.98 Å². The van der Waals surface area contributed by atoms with E-state index in [-0.39, 0.29) is 0 Å². The zero-order valence-electron chi connectivity index (χ0n) is 14.6. The predicted molar refractivity (Wildman–Crippen MR) is 94.8 cm³/mol. The van der Waals surface area contributed by atoms with Crippen LogP contribution >= 0.6 is 0 Å². The zero-order valence-corrected chi connectivity index (χ0v) is 14.6. The van der Waals surface area contributed by atoms with Gasteiger partial charge in [0.1, 0.15) is 0 Å². The van der Waals surface area contributed by atoms with Gasteiger partial charge in [-0.3, -0.25) is 0 Å². The van der Waals surface area contributed by atoms with E-state index in [1.807, 2.05) is 19.1 Å². The normalized spacial score (nSPS) is 21.8.